The Balaban J connectivity index is 2.13. The molecule has 25 heavy (non-hydrogen) atoms. The minimum absolute atomic E-state index is 0.235. The fourth-order valence-electron chi connectivity index (χ4n) is 2.83. The van der Waals surface area contributed by atoms with Gasteiger partial charge in [0.25, 0.3) is 0 Å². The highest BCUT2D eigenvalue weighted by Crippen LogP contribution is 2.36. The monoisotopic (exact) mass is 387 g/mol. The van der Waals surface area contributed by atoms with Gasteiger partial charge in [-0.15, -0.1) is 0 Å². The lowest BCUT2D eigenvalue weighted by atomic mass is 10.1. The first-order chi connectivity index (χ1) is 11.7. The first kappa shape index (κ1) is 18.0. The molecule has 0 unspecified atom stereocenters. The summed E-state index contributed by atoms with van der Waals surface area (Å²) in [5.74, 6) is 0.463. The zero-order valence-corrected chi connectivity index (χ0v) is 14.9. The van der Waals surface area contributed by atoms with Crippen molar-refractivity contribution in [1.82, 2.24) is 4.57 Å². The van der Waals surface area contributed by atoms with Gasteiger partial charge in [0.15, 0.2) is 0 Å². The van der Waals surface area contributed by atoms with Gasteiger partial charge in [-0.3, -0.25) is 0 Å². The lowest BCUT2D eigenvalue weighted by Gasteiger charge is -2.14. The summed E-state index contributed by atoms with van der Waals surface area (Å²) < 4.78 is 46.2. The van der Waals surface area contributed by atoms with Gasteiger partial charge in [-0.25, -0.2) is 0 Å². The Morgan fingerprint density at radius 1 is 1.12 bits per heavy atom. The predicted octanol–water partition coefficient (Wildman–Crippen LogP) is 6.33. The summed E-state index contributed by atoms with van der Waals surface area (Å²) in [7, 11) is 1.49. The average molecular weight is 388 g/mol. The molecule has 1 aromatic heterocycles. The van der Waals surface area contributed by atoms with Crippen LogP contribution in [0.5, 0.6) is 5.75 Å². The summed E-state index contributed by atoms with van der Waals surface area (Å²) in [6.07, 6.45) is -2.68. The number of aryl methyl sites for hydroxylation is 1. The normalized spacial score (nSPS) is 12.0. The Morgan fingerprint density at radius 2 is 1.84 bits per heavy atom. The zero-order chi connectivity index (χ0) is 18.4. The Kier molecular flexibility index (Phi) is 4.64. The van der Waals surface area contributed by atoms with Gasteiger partial charge in [0, 0.05) is 27.7 Å². The smallest absolute Gasteiger partial charge is 0.416 e. The highest BCUT2D eigenvalue weighted by atomic mass is 35.5. The molecule has 0 aliphatic rings. The van der Waals surface area contributed by atoms with E-state index in [-0.39, 0.29) is 6.54 Å². The van der Waals surface area contributed by atoms with E-state index in [0.29, 0.717) is 32.4 Å². The van der Waals surface area contributed by atoms with E-state index in [1.165, 1.54) is 7.11 Å². The molecular formula is C18H14Cl2F3NO. The summed E-state index contributed by atoms with van der Waals surface area (Å²) in [5.41, 5.74) is 0.948. The van der Waals surface area contributed by atoms with Crippen LogP contribution in [0.4, 0.5) is 13.2 Å². The van der Waals surface area contributed by atoms with Crippen LogP contribution in [0, 0.1) is 6.92 Å². The van der Waals surface area contributed by atoms with Crippen molar-refractivity contribution in [3.63, 3.8) is 0 Å². The highest BCUT2D eigenvalue weighted by Gasteiger charge is 2.31. The number of alkyl halides is 3. The van der Waals surface area contributed by atoms with Crippen molar-refractivity contribution >= 4 is 34.1 Å². The van der Waals surface area contributed by atoms with Crippen LogP contribution in [0.2, 0.25) is 10.0 Å². The molecule has 0 radical (unpaired) electrons. The van der Waals surface area contributed by atoms with Crippen molar-refractivity contribution < 1.29 is 17.9 Å². The van der Waals surface area contributed by atoms with Crippen molar-refractivity contribution in [2.75, 3.05) is 7.11 Å². The van der Waals surface area contributed by atoms with Gasteiger partial charge in [-0.1, -0.05) is 23.2 Å². The van der Waals surface area contributed by atoms with Crippen LogP contribution in [0.15, 0.2) is 36.5 Å². The standard InChI is InChI=1S/C18H14Cl2F3NO/c1-10-7-11(18(21,22)23)8-15-12(10)5-6-24(15)9-13-14(19)3-4-16(25-2)17(13)20/h3-8H,9H2,1-2H3. The predicted molar refractivity (Wildman–Crippen MR) is 93.8 cm³/mol. The minimum Gasteiger partial charge on any atom is -0.495 e. The largest absolute Gasteiger partial charge is 0.495 e. The number of methoxy groups -OCH3 is 1. The van der Waals surface area contributed by atoms with Crippen molar-refractivity contribution in [2.45, 2.75) is 19.6 Å². The van der Waals surface area contributed by atoms with Crippen LogP contribution in [0.1, 0.15) is 16.7 Å². The second-order valence-corrected chi connectivity index (χ2v) is 6.49. The quantitative estimate of drug-likeness (QED) is 0.511. The second-order valence-electron chi connectivity index (χ2n) is 5.71. The van der Waals surface area contributed by atoms with Gasteiger partial charge < -0.3 is 9.30 Å². The van der Waals surface area contributed by atoms with Crippen LogP contribution in [0.3, 0.4) is 0 Å². The number of aromatic nitrogens is 1. The zero-order valence-electron chi connectivity index (χ0n) is 13.4. The molecular weight excluding hydrogens is 374 g/mol. The third-order valence-corrected chi connectivity index (χ3v) is 4.89. The van der Waals surface area contributed by atoms with Crippen LogP contribution in [0.25, 0.3) is 10.9 Å². The van der Waals surface area contributed by atoms with Crippen molar-refractivity contribution in [2.24, 2.45) is 0 Å². The molecule has 2 nitrogen and oxygen atoms in total. The Bertz CT molecular complexity index is 948. The molecule has 0 spiro atoms. The van der Waals surface area contributed by atoms with Gasteiger partial charge in [0.1, 0.15) is 5.75 Å². The van der Waals surface area contributed by atoms with E-state index in [1.807, 2.05) is 0 Å². The van der Waals surface area contributed by atoms with E-state index >= 15 is 0 Å². The van der Waals surface area contributed by atoms with Crippen molar-refractivity contribution in [3.05, 3.63) is 63.3 Å². The highest BCUT2D eigenvalue weighted by molar-refractivity contribution is 6.37. The van der Waals surface area contributed by atoms with Crippen LogP contribution in [-0.4, -0.2) is 11.7 Å². The third kappa shape index (κ3) is 3.31. The second kappa shape index (κ2) is 6.46. The van der Waals surface area contributed by atoms with E-state index in [1.54, 1.807) is 35.9 Å². The summed E-state index contributed by atoms with van der Waals surface area (Å²) in [6, 6.07) is 7.38. The first-order valence-electron chi connectivity index (χ1n) is 7.40. The number of hydrogen-bond donors (Lipinski definition) is 0. The van der Waals surface area contributed by atoms with Gasteiger partial charge >= 0.3 is 6.18 Å². The molecule has 132 valence electrons. The SMILES string of the molecule is COc1ccc(Cl)c(Cn2ccc3c(C)cc(C(F)(F)F)cc32)c1Cl. The summed E-state index contributed by atoms with van der Waals surface area (Å²) in [4.78, 5) is 0. The van der Waals surface area contributed by atoms with Gasteiger partial charge in [-0.05, 0) is 42.8 Å². The maximum atomic E-state index is 13.1. The molecule has 0 amide bonds. The molecule has 3 aromatic rings. The van der Waals surface area contributed by atoms with Crippen LogP contribution < -0.4 is 4.74 Å². The summed E-state index contributed by atoms with van der Waals surface area (Å²) in [6.45, 7) is 1.90. The molecule has 0 saturated heterocycles. The van der Waals surface area contributed by atoms with E-state index in [9.17, 15) is 13.2 Å². The number of ether oxygens (including phenoxy) is 1. The first-order valence-corrected chi connectivity index (χ1v) is 8.15. The molecule has 2 aromatic carbocycles. The molecule has 0 aliphatic carbocycles. The molecule has 3 rings (SSSR count). The molecule has 0 bridgehead atoms. The van der Waals surface area contributed by atoms with E-state index in [0.717, 1.165) is 17.5 Å². The van der Waals surface area contributed by atoms with Crippen molar-refractivity contribution in [1.29, 1.82) is 0 Å². The summed E-state index contributed by atoms with van der Waals surface area (Å²) in [5, 5.41) is 1.53. The Labute approximate surface area is 152 Å². The maximum absolute atomic E-state index is 13.1. The molecule has 7 heteroatoms. The van der Waals surface area contributed by atoms with E-state index < -0.39 is 11.7 Å². The summed E-state index contributed by atoms with van der Waals surface area (Å²) >= 11 is 12.5. The topological polar surface area (TPSA) is 14.2 Å². The fraction of sp³-hybridized carbons (Fsp3) is 0.222. The molecule has 0 N–H and O–H groups in total. The molecule has 0 fully saturated rings. The fourth-order valence-corrected chi connectivity index (χ4v) is 3.40. The van der Waals surface area contributed by atoms with Gasteiger partial charge in [0.2, 0.25) is 0 Å². The number of halogens is 5. The number of fused-ring (bicyclic) bond motifs is 1. The van der Waals surface area contributed by atoms with Crippen molar-refractivity contribution in [3.8, 4) is 5.75 Å². The third-order valence-electron chi connectivity index (χ3n) is 4.12. The van der Waals surface area contributed by atoms with E-state index in [2.05, 4.69) is 0 Å². The van der Waals surface area contributed by atoms with Crippen LogP contribution >= 0.6 is 23.2 Å². The van der Waals surface area contributed by atoms with E-state index in [4.69, 9.17) is 27.9 Å². The molecule has 0 atom stereocenters. The van der Waals surface area contributed by atoms with Gasteiger partial charge in [-0.2, -0.15) is 13.2 Å². The lowest BCUT2D eigenvalue weighted by molar-refractivity contribution is -0.137. The van der Waals surface area contributed by atoms with Crippen LogP contribution in [-0.2, 0) is 12.7 Å². The minimum atomic E-state index is -4.40. The van der Waals surface area contributed by atoms with Gasteiger partial charge in [0.05, 0.1) is 24.2 Å². The Hall–Kier alpha value is -1.85. The molecule has 0 aliphatic heterocycles. The lowest BCUT2D eigenvalue weighted by Crippen LogP contribution is -2.06. The number of rotatable bonds is 3. The average Bonchev–Trinajstić information content (AvgIpc) is 2.94. The Morgan fingerprint density at radius 3 is 2.48 bits per heavy atom. The molecule has 1 heterocycles. The number of hydrogen-bond acceptors (Lipinski definition) is 1. The molecule has 0 saturated carbocycles. The number of benzene rings is 2. The number of nitrogens with zero attached hydrogens (tertiary/aromatic N) is 1. The maximum Gasteiger partial charge on any atom is 0.416 e.